The smallest absolute Gasteiger partial charge is 0.238 e. The molecule has 0 heterocycles. The van der Waals surface area contributed by atoms with Crippen molar-refractivity contribution in [2.24, 2.45) is 11.7 Å². The van der Waals surface area contributed by atoms with Crippen LogP contribution in [0.1, 0.15) is 12.8 Å². The Morgan fingerprint density at radius 1 is 1.33 bits per heavy atom. The monoisotopic (exact) mass is 349 g/mol. The third-order valence-electron chi connectivity index (χ3n) is 3.65. The van der Waals surface area contributed by atoms with Gasteiger partial charge in [-0.3, -0.25) is 9.69 Å². The van der Waals surface area contributed by atoms with Crippen LogP contribution in [-0.4, -0.2) is 37.0 Å². The average Bonchev–Trinajstić information content (AvgIpc) is 3.21. The summed E-state index contributed by atoms with van der Waals surface area (Å²) >= 11 is 17.8. The maximum atomic E-state index is 12.1. The van der Waals surface area contributed by atoms with Crippen LogP contribution in [0.25, 0.3) is 0 Å². The number of likely N-dealkylation sites (N-methyl/N-ethyl adjacent to an activating group) is 1. The summed E-state index contributed by atoms with van der Waals surface area (Å²) in [6.45, 7) is 0.816. The van der Waals surface area contributed by atoms with E-state index in [1.54, 1.807) is 6.07 Å². The van der Waals surface area contributed by atoms with Gasteiger partial charge in [-0.1, -0.05) is 34.8 Å². The zero-order valence-corrected chi connectivity index (χ0v) is 14.0. The highest BCUT2D eigenvalue weighted by atomic mass is 35.5. The lowest BCUT2D eigenvalue weighted by Crippen LogP contribution is -2.43. The SMILES string of the molecule is CN(CC(=O)Nc1cc(Cl)c(Cl)cc1Cl)C(CN)C1CC1. The van der Waals surface area contributed by atoms with E-state index in [1.807, 2.05) is 11.9 Å². The average molecular weight is 351 g/mol. The molecule has 0 saturated heterocycles. The summed E-state index contributed by atoms with van der Waals surface area (Å²) in [4.78, 5) is 14.1. The summed E-state index contributed by atoms with van der Waals surface area (Å²) in [6.07, 6.45) is 2.37. The first kappa shape index (κ1) is 16.8. The lowest BCUT2D eigenvalue weighted by atomic mass is 10.1. The number of hydrogen-bond acceptors (Lipinski definition) is 3. The third-order valence-corrected chi connectivity index (χ3v) is 4.69. The molecule has 0 spiro atoms. The highest BCUT2D eigenvalue weighted by Gasteiger charge is 2.33. The lowest BCUT2D eigenvalue weighted by Gasteiger charge is -2.26. The number of benzene rings is 1. The first-order valence-electron chi connectivity index (χ1n) is 6.77. The Bertz CT molecular complexity index is 534. The molecule has 1 aliphatic carbocycles. The molecule has 1 atom stereocenters. The summed E-state index contributed by atoms with van der Waals surface area (Å²) in [6, 6.07) is 3.31. The van der Waals surface area contributed by atoms with Crippen LogP contribution in [-0.2, 0) is 4.79 Å². The fourth-order valence-electron chi connectivity index (χ4n) is 2.37. The molecule has 1 aromatic rings. The van der Waals surface area contributed by atoms with Crippen molar-refractivity contribution in [3.63, 3.8) is 0 Å². The van der Waals surface area contributed by atoms with Crippen LogP contribution in [0, 0.1) is 5.92 Å². The first-order valence-corrected chi connectivity index (χ1v) is 7.90. The van der Waals surface area contributed by atoms with E-state index < -0.39 is 0 Å². The molecule has 4 nitrogen and oxygen atoms in total. The minimum atomic E-state index is -0.156. The number of carbonyl (C=O) groups is 1. The minimum absolute atomic E-state index is 0.156. The van der Waals surface area contributed by atoms with Gasteiger partial charge < -0.3 is 11.1 Å². The Morgan fingerprint density at radius 3 is 2.52 bits per heavy atom. The summed E-state index contributed by atoms with van der Waals surface area (Å²) in [5.74, 6) is 0.457. The molecule has 3 N–H and O–H groups in total. The van der Waals surface area contributed by atoms with Gasteiger partial charge in [-0.2, -0.15) is 0 Å². The highest BCUT2D eigenvalue weighted by molar-refractivity contribution is 6.44. The van der Waals surface area contributed by atoms with Crippen molar-refractivity contribution in [1.29, 1.82) is 0 Å². The van der Waals surface area contributed by atoms with Gasteiger partial charge in [-0.25, -0.2) is 0 Å². The molecule has 1 aromatic carbocycles. The molecule has 0 aromatic heterocycles. The molecule has 0 radical (unpaired) electrons. The molecule has 1 fully saturated rings. The van der Waals surface area contributed by atoms with Gasteiger partial charge in [0.25, 0.3) is 0 Å². The Hall–Kier alpha value is -0.520. The van der Waals surface area contributed by atoms with Gasteiger partial charge in [0.15, 0.2) is 0 Å². The van der Waals surface area contributed by atoms with E-state index in [-0.39, 0.29) is 18.5 Å². The van der Waals surface area contributed by atoms with E-state index in [4.69, 9.17) is 40.5 Å². The Morgan fingerprint density at radius 2 is 1.95 bits per heavy atom. The van der Waals surface area contributed by atoms with Crippen LogP contribution < -0.4 is 11.1 Å². The first-order chi connectivity index (χ1) is 9.92. The largest absolute Gasteiger partial charge is 0.329 e. The maximum Gasteiger partial charge on any atom is 0.238 e. The van der Waals surface area contributed by atoms with Crippen molar-refractivity contribution in [2.45, 2.75) is 18.9 Å². The van der Waals surface area contributed by atoms with Crippen molar-refractivity contribution >= 4 is 46.4 Å². The minimum Gasteiger partial charge on any atom is -0.329 e. The van der Waals surface area contributed by atoms with E-state index in [0.29, 0.717) is 33.2 Å². The number of hydrogen-bond donors (Lipinski definition) is 2. The number of amides is 1. The number of nitrogens with one attached hydrogen (secondary N) is 1. The molecule has 21 heavy (non-hydrogen) atoms. The van der Waals surface area contributed by atoms with E-state index in [1.165, 1.54) is 18.9 Å². The number of anilines is 1. The predicted octanol–water partition coefficient (Wildman–Crippen LogP) is 3.25. The summed E-state index contributed by atoms with van der Waals surface area (Å²) in [5.41, 5.74) is 6.24. The van der Waals surface area contributed by atoms with Gasteiger partial charge in [-0.15, -0.1) is 0 Å². The van der Waals surface area contributed by atoms with Crippen LogP contribution in [0.5, 0.6) is 0 Å². The Labute approximate surface area is 139 Å². The molecule has 0 aliphatic heterocycles. The number of nitrogens with two attached hydrogens (primary N) is 1. The van der Waals surface area contributed by atoms with Crippen LogP contribution in [0.4, 0.5) is 5.69 Å². The second kappa shape index (κ2) is 7.16. The lowest BCUT2D eigenvalue weighted by molar-refractivity contribution is -0.117. The molecular weight excluding hydrogens is 333 g/mol. The van der Waals surface area contributed by atoms with Crippen molar-refractivity contribution < 1.29 is 4.79 Å². The second-order valence-corrected chi connectivity index (χ2v) is 6.57. The number of carbonyl (C=O) groups excluding carboxylic acids is 1. The predicted molar refractivity (Wildman–Crippen MR) is 88.3 cm³/mol. The summed E-state index contributed by atoms with van der Waals surface area (Å²) < 4.78 is 0. The molecule has 1 saturated carbocycles. The number of nitrogens with zero attached hydrogens (tertiary/aromatic N) is 1. The van der Waals surface area contributed by atoms with Crippen molar-refractivity contribution in [1.82, 2.24) is 4.90 Å². The molecule has 116 valence electrons. The summed E-state index contributed by atoms with van der Waals surface area (Å²) in [5, 5.41) is 3.82. The zero-order valence-electron chi connectivity index (χ0n) is 11.7. The normalized spacial score (nSPS) is 16.1. The van der Waals surface area contributed by atoms with Crippen molar-refractivity contribution in [2.75, 3.05) is 25.5 Å². The Balaban J connectivity index is 1.96. The van der Waals surface area contributed by atoms with Gasteiger partial charge in [-0.05, 0) is 37.9 Å². The van der Waals surface area contributed by atoms with Crippen molar-refractivity contribution in [3.8, 4) is 0 Å². The van der Waals surface area contributed by atoms with Crippen LogP contribution in [0.3, 0.4) is 0 Å². The molecule has 0 bridgehead atoms. The second-order valence-electron chi connectivity index (χ2n) is 5.35. The molecule has 7 heteroatoms. The third kappa shape index (κ3) is 4.47. The molecular formula is C14H18Cl3N3O. The van der Waals surface area contributed by atoms with Crippen LogP contribution in [0.2, 0.25) is 15.1 Å². The van der Waals surface area contributed by atoms with Crippen LogP contribution >= 0.6 is 34.8 Å². The van der Waals surface area contributed by atoms with Gasteiger partial charge in [0.2, 0.25) is 5.91 Å². The van der Waals surface area contributed by atoms with E-state index >= 15 is 0 Å². The van der Waals surface area contributed by atoms with Crippen molar-refractivity contribution in [3.05, 3.63) is 27.2 Å². The van der Waals surface area contributed by atoms with Crippen LogP contribution in [0.15, 0.2) is 12.1 Å². The quantitative estimate of drug-likeness (QED) is 0.774. The fraction of sp³-hybridized carbons (Fsp3) is 0.500. The van der Waals surface area contributed by atoms with Gasteiger partial charge in [0.05, 0.1) is 27.3 Å². The number of rotatable bonds is 6. The molecule has 1 amide bonds. The topological polar surface area (TPSA) is 58.4 Å². The maximum absolute atomic E-state index is 12.1. The Kier molecular flexibility index (Phi) is 5.74. The zero-order chi connectivity index (χ0) is 15.6. The highest BCUT2D eigenvalue weighted by Crippen LogP contribution is 2.35. The van der Waals surface area contributed by atoms with Gasteiger partial charge in [0, 0.05) is 12.6 Å². The molecule has 2 rings (SSSR count). The molecule has 1 unspecified atom stereocenters. The van der Waals surface area contributed by atoms with Gasteiger partial charge in [0.1, 0.15) is 0 Å². The standard InChI is InChI=1S/C14H18Cl3N3O/c1-20(13(6-18)8-2-3-8)7-14(21)19-12-5-10(16)9(15)4-11(12)17/h4-5,8,13H,2-3,6-7,18H2,1H3,(H,19,21). The number of halogens is 3. The van der Waals surface area contributed by atoms with E-state index in [0.717, 1.165) is 0 Å². The fourth-order valence-corrected chi connectivity index (χ4v) is 2.96. The molecule has 1 aliphatic rings. The summed E-state index contributed by atoms with van der Waals surface area (Å²) in [7, 11) is 1.91. The van der Waals surface area contributed by atoms with E-state index in [9.17, 15) is 4.79 Å². The van der Waals surface area contributed by atoms with E-state index in [2.05, 4.69) is 5.32 Å². The van der Waals surface area contributed by atoms with Gasteiger partial charge >= 0.3 is 0 Å².